The van der Waals surface area contributed by atoms with Crippen LogP contribution in [0.25, 0.3) is 0 Å². The zero-order valence-corrected chi connectivity index (χ0v) is 16.3. The number of anilines is 1. The van der Waals surface area contributed by atoms with Gasteiger partial charge < -0.3 is 24.4 Å². The van der Waals surface area contributed by atoms with Crippen LogP contribution in [0, 0.1) is 0 Å². The molecule has 148 valence electrons. The van der Waals surface area contributed by atoms with E-state index in [4.69, 9.17) is 14.2 Å². The first-order chi connectivity index (χ1) is 13.6. The maximum atomic E-state index is 12.5. The third kappa shape index (κ3) is 4.03. The number of ether oxygens (including phenoxy) is 3. The number of benzene rings is 2. The first kappa shape index (κ1) is 19.5. The molecular formula is C21H24N2O5. The SMILES string of the molecule is CCN1CCc2c(OCC(=O)Nc3ccc(OC)cc3OC)cccc2C1=O. The van der Waals surface area contributed by atoms with Crippen LogP contribution in [0.5, 0.6) is 17.2 Å². The summed E-state index contributed by atoms with van der Waals surface area (Å²) in [5.41, 5.74) is 2.02. The number of carbonyl (C=O) groups excluding carboxylic acids is 2. The van der Waals surface area contributed by atoms with Gasteiger partial charge in [-0.05, 0) is 37.6 Å². The molecule has 7 heteroatoms. The maximum Gasteiger partial charge on any atom is 0.262 e. The summed E-state index contributed by atoms with van der Waals surface area (Å²) in [6.45, 7) is 3.12. The van der Waals surface area contributed by atoms with Crippen LogP contribution in [0.4, 0.5) is 5.69 Å². The van der Waals surface area contributed by atoms with Crippen LogP contribution < -0.4 is 19.5 Å². The molecule has 28 heavy (non-hydrogen) atoms. The van der Waals surface area contributed by atoms with E-state index in [1.165, 1.54) is 7.11 Å². The van der Waals surface area contributed by atoms with Gasteiger partial charge in [-0.15, -0.1) is 0 Å². The summed E-state index contributed by atoms with van der Waals surface area (Å²) < 4.78 is 16.2. The second-order valence-corrected chi connectivity index (χ2v) is 6.32. The molecule has 0 aromatic heterocycles. The Kier molecular flexibility index (Phi) is 6.03. The Bertz CT molecular complexity index is 881. The molecule has 3 rings (SSSR count). The van der Waals surface area contributed by atoms with Crippen molar-refractivity contribution < 1.29 is 23.8 Å². The molecule has 0 fully saturated rings. The number of likely N-dealkylation sites (N-methyl/N-ethyl adjacent to an activating group) is 1. The summed E-state index contributed by atoms with van der Waals surface area (Å²) in [7, 11) is 3.08. The first-order valence-corrected chi connectivity index (χ1v) is 9.13. The largest absolute Gasteiger partial charge is 0.497 e. The van der Waals surface area contributed by atoms with Gasteiger partial charge in [0.2, 0.25) is 0 Å². The third-order valence-electron chi connectivity index (χ3n) is 4.71. The van der Waals surface area contributed by atoms with E-state index in [1.807, 2.05) is 6.92 Å². The number of carbonyl (C=O) groups is 2. The molecule has 0 unspecified atom stereocenters. The fourth-order valence-electron chi connectivity index (χ4n) is 3.21. The van der Waals surface area contributed by atoms with Gasteiger partial charge in [-0.25, -0.2) is 0 Å². The Balaban J connectivity index is 1.68. The van der Waals surface area contributed by atoms with E-state index in [0.29, 0.717) is 48.0 Å². The highest BCUT2D eigenvalue weighted by Gasteiger charge is 2.25. The summed E-state index contributed by atoms with van der Waals surface area (Å²) in [6, 6.07) is 10.5. The van der Waals surface area contributed by atoms with E-state index in [9.17, 15) is 9.59 Å². The number of nitrogens with zero attached hydrogens (tertiary/aromatic N) is 1. The molecule has 1 aliphatic rings. The Morgan fingerprint density at radius 2 is 1.96 bits per heavy atom. The molecule has 0 saturated carbocycles. The fraction of sp³-hybridized carbons (Fsp3) is 0.333. The van der Waals surface area contributed by atoms with Crippen molar-refractivity contribution in [2.24, 2.45) is 0 Å². The average Bonchev–Trinajstić information content (AvgIpc) is 2.73. The van der Waals surface area contributed by atoms with Crippen LogP contribution in [0.15, 0.2) is 36.4 Å². The summed E-state index contributed by atoms with van der Waals surface area (Å²) in [5, 5.41) is 2.77. The van der Waals surface area contributed by atoms with Gasteiger partial charge in [0.15, 0.2) is 6.61 Å². The van der Waals surface area contributed by atoms with Crippen LogP contribution in [-0.2, 0) is 11.2 Å². The molecule has 1 N–H and O–H groups in total. The predicted octanol–water partition coefficient (Wildman–Crippen LogP) is 2.74. The van der Waals surface area contributed by atoms with Crippen LogP contribution in [-0.4, -0.2) is 50.6 Å². The summed E-state index contributed by atoms with van der Waals surface area (Å²) in [6.07, 6.45) is 0.707. The topological polar surface area (TPSA) is 77.1 Å². The van der Waals surface area contributed by atoms with Gasteiger partial charge in [0, 0.05) is 30.3 Å². The molecule has 2 aromatic rings. The van der Waals surface area contributed by atoms with Crippen molar-refractivity contribution in [3.8, 4) is 17.2 Å². The molecule has 0 aliphatic carbocycles. The monoisotopic (exact) mass is 384 g/mol. The molecule has 2 aromatic carbocycles. The highest BCUT2D eigenvalue weighted by Crippen LogP contribution is 2.30. The van der Waals surface area contributed by atoms with Crippen LogP contribution in [0.1, 0.15) is 22.8 Å². The molecule has 0 atom stereocenters. The molecule has 2 amide bonds. The van der Waals surface area contributed by atoms with Gasteiger partial charge in [0.25, 0.3) is 11.8 Å². The Hall–Kier alpha value is -3.22. The zero-order chi connectivity index (χ0) is 20.1. The number of hydrogen-bond acceptors (Lipinski definition) is 5. The van der Waals surface area contributed by atoms with Gasteiger partial charge >= 0.3 is 0 Å². The van der Waals surface area contributed by atoms with Gasteiger partial charge in [-0.3, -0.25) is 9.59 Å². The van der Waals surface area contributed by atoms with E-state index in [2.05, 4.69) is 5.32 Å². The molecule has 0 spiro atoms. The van der Waals surface area contributed by atoms with E-state index in [1.54, 1.807) is 48.4 Å². The first-order valence-electron chi connectivity index (χ1n) is 9.13. The Morgan fingerprint density at radius 3 is 2.68 bits per heavy atom. The maximum absolute atomic E-state index is 12.5. The van der Waals surface area contributed by atoms with Gasteiger partial charge in [0.1, 0.15) is 17.2 Å². The number of methoxy groups -OCH3 is 2. The average molecular weight is 384 g/mol. The quantitative estimate of drug-likeness (QED) is 0.794. The van der Waals surface area contributed by atoms with Crippen molar-refractivity contribution in [2.75, 3.05) is 39.2 Å². The molecule has 0 bridgehead atoms. The Morgan fingerprint density at radius 1 is 1.14 bits per heavy atom. The molecule has 0 saturated heterocycles. The molecule has 7 nitrogen and oxygen atoms in total. The lowest BCUT2D eigenvalue weighted by atomic mass is 9.98. The number of rotatable bonds is 7. The standard InChI is InChI=1S/C21H24N2O5/c1-4-23-11-10-15-16(21(23)25)6-5-7-18(15)28-13-20(24)22-17-9-8-14(26-2)12-19(17)27-3/h5-9,12H,4,10-11,13H2,1-3H3,(H,22,24). The summed E-state index contributed by atoms with van der Waals surface area (Å²) in [5.74, 6) is 1.38. The van der Waals surface area contributed by atoms with Crippen molar-refractivity contribution >= 4 is 17.5 Å². The van der Waals surface area contributed by atoms with Crippen molar-refractivity contribution in [2.45, 2.75) is 13.3 Å². The number of fused-ring (bicyclic) bond motifs is 1. The number of amides is 2. The number of nitrogens with one attached hydrogen (secondary N) is 1. The van der Waals surface area contributed by atoms with Crippen molar-refractivity contribution in [1.29, 1.82) is 0 Å². The van der Waals surface area contributed by atoms with E-state index in [-0.39, 0.29) is 18.4 Å². The lowest BCUT2D eigenvalue weighted by Crippen LogP contribution is -2.37. The molecular weight excluding hydrogens is 360 g/mol. The van der Waals surface area contributed by atoms with E-state index < -0.39 is 0 Å². The minimum Gasteiger partial charge on any atom is -0.497 e. The lowest BCUT2D eigenvalue weighted by molar-refractivity contribution is -0.118. The summed E-state index contributed by atoms with van der Waals surface area (Å²) in [4.78, 5) is 26.6. The highest BCUT2D eigenvalue weighted by molar-refractivity contribution is 5.97. The smallest absolute Gasteiger partial charge is 0.262 e. The minimum absolute atomic E-state index is 0.00150. The number of hydrogen-bond donors (Lipinski definition) is 1. The van der Waals surface area contributed by atoms with E-state index >= 15 is 0 Å². The zero-order valence-electron chi connectivity index (χ0n) is 16.3. The van der Waals surface area contributed by atoms with Crippen molar-refractivity contribution in [3.05, 3.63) is 47.5 Å². The molecule has 1 aliphatic heterocycles. The summed E-state index contributed by atoms with van der Waals surface area (Å²) >= 11 is 0. The van der Waals surface area contributed by atoms with E-state index in [0.717, 1.165) is 5.56 Å². The van der Waals surface area contributed by atoms with Crippen LogP contribution in [0.2, 0.25) is 0 Å². The second-order valence-electron chi connectivity index (χ2n) is 6.32. The van der Waals surface area contributed by atoms with Crippen LogP contribution >= 0.6 is 0 Å². The fourth-order valence-corrected chi connectivity index (χ4v) is 3.21. The Labute approximate surface area is 164 Å². The van der Waals surface area contributed by atoms with Gasteiger partial charge in [-0.1, -0.05) is 6.07 Å². The molecule has 0 radical (unpaired) electrons. The highest BCUT2D eigenvalue weighted by atomic mass is 16.5. The minimum atomic E-state index is -0.321. The van der Waals surface area contributed by atoms with Crippen molar-refractivity contribution in [1.82, 2.24) is 4.90 Å². The normalized spacial score (nSPS) is 13.0. The predicted molar refractivity (Wildman–Crippen MR) is 105 cm³/mol. The lowest BCUT2D eigenvalue weighted by Gasteiger charge is -2.28. The third-order valence-corrected chi connectivity index (χ3v) is 4.71. The molecule has 1 heterocycles. The van der Waals surface area contributed by atoms with Gasteiger partial charge in [-0.2, -0.15) is 0 Å². The van der Waals surface area contributed by atoms with Crippen molar-refractivity contribution in [3.63, 3.8) is 0 Å². The van der Waals surface area contributed by atoms with Crippen LogP contribution in [0.3, 0.4) is 0 Å². The second kappa shape index (κ2) is 8.65. The van der Waals surface area contributed by atoms with Gasteiger partial charge in [0.05, 0.1) is 19.9 Å².